The lowest BCUT2D eigenvalue weighted by molar-refractivity contribution is 0.103. The van der Waals surface area contributed by atoms with Gasteiger partial charge in [-0.05, 0) is 46.3 Å². The number of aromatic nitrogens is 1. The molecule has 0 unspecified atom stereocenters. The summed E-state index contributed by atoms with van der Waals surface area (Å²) in [4.78, 5) is 16.9. The van der Waals surface area contributed by atoms with E-state index in [1.54, 1.807) is 18.2 Å². The molecule has 0 aliphatic carbocycles. The molecule has 3 aromatic rings. The molecule has 10 heteroatoms. The first-order valence-electron chi connectivity index (χ1n) is 5.83. The van der Waals surface area contributed by atoms with E-state index in [0.29, 0.717) is 20.2 Å². The summed E-state index contributed by atoms with van der Waals surface area (Å²) in [5.41, 5.74) is 0.597. The van der Waals surface area contributed by atoms with E-state index < -0.39 is 10.0 Å². The Hall–Kier alpha value is -1.33. The molecule has 22 heavy (non-hydrogen) atoms. The molecule has 0 radical (unpaired) electrons. The summed E-state index contributed by atoms with van der Waals surface area (Å²) in [6.45, 7) is 0. The summed E-state index contributed by atoms with van der Waals surface area (Å²) in [5.74, 6) is -0.263. The number of anilines is 1. The van der Waals surface area contributed by atoms with E-state index >= 15 is 0 Å². The SMILES string of the molecule is NS(=O)(=O)c1ccc2nc(NC(=O)c3ccc(Br)s3)sc2c1. The van der Waals surface area contributed by atoms with Gasteiger partial charge in [0, 0.05) is 0 Å². The van der Waals surface area contributed by atoms with Crippen molar-refractivity contribution >= 4 is 69.9 Å². The molecule has 0 aliphatic heterocycles. The third-order valence-corrected chi connectivity index (χ3v) is 6.17. The zero-order valence-electron chi connectivity index (χ0n) is 10.7. The van der Waals surface area contributed by atoms with Crippen molar-refractivity contribution in [2.45, 2.75) is 4.90 Å². The molecule has 6 nitrogen and oxygen atoms in total. The number of carbonyl (C=O) groups excluding carboxylic acids is 1. The third-order valence-electron chi connectivity index (χ3n) is 2.71. The fraction of sp³-hybridized carbons (Fsp3) is 0. The van der Waals surface area contributed by atoms with Gasteiger partial charge in [-0.1, -0.05) is 11.3 Å². The molecule has 0 bridgehead atoms. The lowest BCUT2D eigenvalue weighted by Gasteiger charge is -1.96. The average Bonchev–Trinajstić information content (AvgIpc) is 3.02. The summed E-state index contributed by atoms with van der Waals surface area (Å²) in [6, 6.07) is 7.88. The number of thiophene rings is 1. The van der Waals surface area contributed by atoms with Crippen LogP contribution in [-0.4, -0.2) is 19.3 Å². The number of amides is 1. The van der Waals surface area contributed by atoms with Gasteiger partial charge in [-0.15, -0.1) is 11.3 Å². The van der Waals surface area contributed by atoms with Gasteiger partial charge in [-0.2, -0.15) is 0 Å². The number of rotatable bonds is 3. The maximum atomic E-state index is 12.1. The predicted molar refractivity (Wildman–Crippen MR) is 91.0 cm³/mol. The average molecular weight is 418 g/mol. The Morgan fingerprint density at radius 1 is 1.23 bits per heavy atom. The fourth-order valence-corrected chi connectivity index (χ4v) is 4.53. The minimum Gasteiger partial charge on any atom is -0.297 e. The van der Waals surface area contributed by atoms with Gasteiger partial charge in [0.2, 0.25) is 10.0 Å². The molecule has 0 spiro atoms. The fourth-order valence-electron chi connectivity index (χ4n) is 1.73. The van der Waals surface area contributed by atoms with Crippen molar-refractivity contribution < 1.29 is 13.2 Å². The molecule has 0 aliphatic rings. The molecule has 3 rings (SSSR count). The summed E-state index contributed by atoms with van der Waals surface area (Å²) >= 11 is 5.80. The molecule has 3 N–H and O–H groups in total. The number of benzene rings is 1. The van der Waals surface area contributed by atoms with Crippen LogP contribution < -0.4 is 10.5 Å². The van der Waals surface area contributed by atoms with E-state index in [-0.39, 0.29) is 10.8 Å². The van der Waals surface area contributed by atoms with Crippen molar-refractivity contribution in [3.8, 4) is 0 Å². The number of hydrogen-bond donors (Lipinski definition) is 2. The van der Waals surface area contributed by atoms with Gasteiger partial charge in [0.15, 0.2) is 5.13 Å². The van der Waals surface area contributed by atoms with E-state index in [2.05, 4.69) is 26.2 Å². The van der Waals surface area contributed by atoms with Crippen molar-refractivity contribution in [3.05, 3.63) is 39.0 Å². The molecule has 114 valence electrons. The minimum atomic E-state index is -3.76. The van der Waals surface area contributed by atoms with Crippen LogP contribution >= 0.6 is 38.6 Å². The van der Waals surface area contributed by atoms with E-state index in [9.17, 15) is 13.2 Å². The van der Waals surface area contributed by atoms with E-state index in [1.165, 1.54) is 34.8 Å². The second-order valence-electron chi connectivity index (χ2n) is 4.25. The Bertz CT molecular complexity index is 978. The Morgan fingerprint density at radius 2 is 2.00 bits per heavy atom. The first-order chi connectivity index (χ1) is 10.3. The number of nitrogens with two attached hydrogens (primary N) is 1. The van der Waals surface area contributed by atoms with Crippen LogP contribution in [0.15, 0.2) is 39.0 Å². The van der Waals surface area contributed by atoms with Gasteiger partial charge < -0.3 is 0 Å². The van der Waals surface area contributed by atoms with Crippen LogP contribution in [-0.2, 0) is 10.0 Å². The van der Waals surface area contributed by atoms with Crippen LogP contribution in [0.3, 0.4) is 0 Å². The number of fused-ring (bicyclic) bond motifs is 1. The van der Waals surface area contributed by atoms with Crippen LogP contribution in [0.5, 0.6) is 0 Å². The van der Waals surface area contributed by atoms with Crippen LogP contribution in [0.2, 0.25) is 0 Å². The van der Waals surface area contributed by atoms with Crippen molar-refractivity contribution in [1.29, 1.82) is 0 Å². The third kappa shape index (κ3) is 3.20. The van der Waals surface area contributed by atoms with Crippen LogP contribution in [0.25, 0.3) is 10.2 Å². The standard InChI is InChI=1S/C12H8BrN3O3S3/c13-10-4-3-8(20-10)11(17)16-12-15-7-2-1-6(22(14,18)19)5-9(7)21-12/h1-5H,(H2,14,18,19)(H,15,16,17). The van der Waals surface area contributed by atoms with Crippen LogP contribution in [0.4, 0.5) is 5.13 Å². The lowest BCUT2D eigenvalue weighted by Crippen LogP contribution is -2.11. The molecule has 0 saturated heterocycles. The molecule has 2 aromatic heterocycles. The van der Waals surface area contributed by atoms with Crippen LogP contribution in [0.1, 0.15) is 9.67 Å². The van der Waals surface area contributed by atoms with Crippen LogP contribution in [0, 0.1) is 0 Å². The summed E-state index contributed by atoms with van der Waals surface area (Å²) in [6.07, 6.45) is 0. The smallest absolute Gasteiger partial charge is 0.267 e. The quantitative estimate of drug-likeness (QED) is 0.683. The first-order valence-corrected chi connectivity index (χ1v) is 9.80. The summed E-state index contributed by atoms with van der Waals surface area (Å²) in [5, 5.41) is 8.19. The summed E-state index contributed by atoms with van der Waals surface area (Å²) in [7, 11) is -3.76. The molecule has 2 heterocycles. The molecule has 0 fully saturated rings. The number of thiazole rings is 1. The minimum absolute atomic E-state index is 0.0173. The molecular weight excluding hydrogens is 410 g/mol. The first kappa shape index (κ1) is 15.6. The monoisotopic (exact) mass is 417 g/mol. The number of nitrogens with zero attached hydrogens (tertiary/aromatic N) is 1. The number of hydrogen-bond acceptors (Lipinski definition) is 6. The van der Waals surface area contributed by atoms with Crippen molar-refractivity contribution in [1.82, 2.24) is 4.98 Å². The Morgan fingerprint density at radius 3 is 2.64 bits per heavy atom. The second kappa shape index (κ2) is 5.70. The topological polar surface area (TPSA) is 102 Å². The zero-order chi connectivity index (χ0) is 15.9. The number of sulfonamides is 1. The molecular formula is C12H8BrN3O3S3. The van der Waals surface area contributed by atoms with Crippen molar-refractivity contribution in [3.63, 3.8) is 0 Å². The molecule has 0 saturated carbocycles. The van der Waals surface area contributed by atoms with Crippen molar-refractivity contribution in [2.75, 3.05) is 5.32 Å². The molecule has 1 amide bonds. The number of primary sulfonamides is 1. The normalized spacial score (nSPS) is 11.7. The lowest BCUT2D eigenvalue weighted by atomic mass is 10.3. The maximum absolute atomic E-state index is 12.1. The van der Waals surface area contributed by atoms with E-state index in [0.717, 1.165) is 3.79 Å². The maximum Gasteiger partial charge on any atom is 0.267 e. The second-order valence-corrected chi connectivity index (χ2v) is 9.31. The highest BCUT2D eigenvalue weighted by Crippen LogP contribution is 2.29. The van der Waals surface area contributed by atoms with E-state index in [1.807, 2.05) is 0 Å². The van der Waals surface area contributed by atoms with Crippen molar-refractivity contribution in [2.24, 2.45) is 5.14 Å². The van der Waals surface area contributed by atoms with Gasteiger partial charge in [0.25, 0.3) is 5.91 Å². The number of carbonyl (C=O) groups is 1. The van der Waals surface area contributed by atoms with Gasteiger partial charge in [0.05, 0.1) is 23.8 Å². The molecule has 1 aromatic carbocycles. The van der Waals surface area contributed by atoms with Gasteiger partial charge in [-0.25, -0.2) is 18.5 Å². The van der Waals surface area contributed by atoms with Gasteiger partial charge in [0.1, 0.15) is 0 Å². The Balaban J connectivity index is 1.90. The summed E-state index contributed by atoms with van der Waals surface area (Å²) < 4.78 is 24.2. The zero-order valence-corrected chi connectivity index (χ0v) is 14.8. The Kier molecular flexibility index (Phi) is 4.03. The van der Waals surface area contributed by atoms with E-state index in [4.69, 9.17) is 5.14 Å². The molecule has 0 atom stereocenters. The highest BCUT2D eigenvalue weighted by Gasteiger charge is 2.14. The largest absolute Gasteiger partial charge is 0.297 e. The highest BCUT2D eigenvalue weighted by atomic mass is 79.9. The number of nitrogens with one attached hydrogen (secondary N) is 1. The highest BCUT2D eigenvalue weighted by molar-refractivity contribution is 9.11. The van der Waals surface area contributed by atoms with Gasteiger partial charge in [-0.3, -0.25) is 10.1 Å². The van der Waals surface area contributed by atoms with Gasteiger partial charge >= 0.3 is 0 Å². The number of halogens is 1. The predicted octanol–water partition coefficient (Wildman–Crippen LogP) is 3.02. The Labute approximate surface area is 142 Å².